The molecular formula is C20H20N4O4S. The molecule has 1 aromatic heterocycles. The van der Waals surface area contributed by atoms with Gasteiger partial charge in [0.1, 0.15) is 17.3 Å². The van der Waals surface area contributed by atoms with Gasteiger partial charge in [-0.1, -0.05) is 0 Å². The predicted octanol–water partition coefficient (Wildman–Crippen LogP) is 1.68. The lowest BCUT2D eigenvalue weighted by Gasteiger charge is -2.29. The minimum absolute atomic E-state index is 0.0835. The second-order valence-electron chi connectivity index (χ2n) is 6.70. The summed E-state index contributed by atoms with van der Waals surface area (Å²) >= 11 is 5.13. The van der Waals surface area contributed by atoms with Gasteiger partial charge in [-0.3, -0.25) is 19.8 Å². The Kier molecular flexibility index (Phi) is 5.16. The van der Waals surface area contributed by atoms with Crippen molar-refractivity contribution in [2.45, 2.75) is 6.92 Å². The number of amides is 2. The highest BCUT2D eigenvalue weighted by Gasteiger charge is 2.33. The van der Waals surface area contributed by atoms with Gasteiger partial charge in [0.15, 0.2) is 5.11 Å². The third kappa shape index (κ3) is 3.66. The van der Waals surface area contributed by atoms with Crippen LogP contribution in [0.5, 0.6) is 5.75 Å². The minimum Gasteiger partial charge on any atom is -0.497 e. The van der Waals surface area contributed by atoms with E-state index in [0.29, 0.717) is 32.1 Å². The number of benzene rings is 1. The van der Waals surface area contributed by atoms with Crippen LogP contribution >= 0.6 is 12.2 Å². The van der Waals surface area contributed by atoms with Crippen molar-refractivity contribution in [1.82, 2.24) is 15.2 Å². The van der Waals surface area contributed by atoms with Crippen molar-refractivity contribution in [1.29, 1.82) is 0 Å². The van der Waals surface area contributed by atoms with Crippen LogP contribution in [0.25, 0.3) is 17.0 Å². The summed E-state index contributed by atoms with van der Waals surface area (Å²) in [6.07, 6.45) is 1.66. The van der Waals surface area contributed by atoms with Gasteiger partial charge in [-0.25, -0.2) is 4.98 Å². The van der Waals surface area contributed by atoms with Gasteiger partial charge in [0.2, 0.25) is 5.91 Å². The Morgan fingerprint density at radius 3 is 2.76 bits per heavy atom. The van der Waals surface area contributed by atoms with Crippen molar-refractivity contribution in [3.63, 3.8) is 0 Å². The van der Waals surface area contributed by atoms with Crippen LogP contribution in [0.3, 0.4) is 0 Å². The SMILES string of the molecule is COc1ccc2cc(C=C3C(=O)NC(=S)N3C(C)=O)c(N3CCOCC3)nc2c1. The zero-order chi connectivity index (χ0) is 20.5. The number of aromatic nitrogens is 1. The van der Waals surface area contributed by atoms with Gasteiger partial charge < -0.3 is 14.4 Å². The summed E-state index contributed by atoms with van der Waals surface area (Å²) in [5.41, 5.74) is 1.69. The van der Waals surface area contributed by atoms with Crippen LogP contribution < -0.4 is 15.0 Å². The maximum absolute atomic E-state index is 12.4. The lowest BCUT2D eigenvalue weighted by atomic mass is 10.1. The van der Waals surface area contributed by atoms with Crippen molar-refractivity contribution >= 4 is 51.9 Å². The summed E-state index contributed by atoms with van der Waals surface area (Å²) in [5, 5.41) is 3.51. The van der Waals surface area contributed by atoms with E-state index in [9.17, 15) is 9.59 Å². The van der Waals surface area contributed by atoms with Crippen LogP contribution in [0.4, 0.5) is 5.82 Å². The number of hydrogen-bond acceptors (Lipinski definition) is 7. The molecule has 1 aromatic carbocycles. The van der Waals surface area contributed by atoms with Gasteiger partial charge >= 0.3 is 0 Å². The Balaban J connectivity index is 1.88. The van der Waals surface area contributed by atoms with Gasteiger partial charge in [-0.05, 0) is 36.5 Å². The standard InChI is InChI=1S/C20H20N4O4S/c1-12(25)24-17(19(26)22-20(24)29)10-14-9-13-3-4-15(27-2)11-16(13)21-18(14)23-5-7-28-8-6-23/h3-4,9-11H,5-8H2,1-2H3,(H,22,26,29). The summed E-state index contributed by atoms with van der Waals surface area (Å²) in [7, 11) is 1.61. The van der Waals surface area contributed by atoms with E-state index in [1.54, 1.807) is 13.2 Å². The molecule has 29 heavy (non-hydrogen) atoms. The summed E-state index contributed by atoms with van der Waals surface area (Å²) < 4.78 is 10.8. The first-order chi connectivity index (χ1) is 14.0. The molecule has 0 atom stereocenters. The maximum atomic E-state index is 12.4. The highest BCUT2D eigenvalue weighted by Crippen LogP contribution is 2.30. The van der Waals surface area contributed by atoms with Crippen LogP contribution in [-0.2, 0) is 14.3 Å². The third-order valence-corrected chi connectivity index (χ3v) is 5.13. The second kappa shape index (κ2) is 7.76. The summed E-state index contributed by atoms with van der Waals surface area (Å²) in [4.78, 5) is 32.6. The molecule has 0 unspecified atom stereocenters. The number of pyridine rings is 1. The summed E-state index contributed by atoms with van der Waals surface area (Å²) in [6.45, 7) is 3.92. The molecule has 2 aliphatic heterocycles. The van der Waals surface area contributed by atoms with Crippen LogP contribution in [0.1, 0.15) is 12.5 Å². The number of nitrogens with one attached hydrogen (secondary N) is 1. The first-order valence-corrected chi connectivity index (χ1v) is 9.58. The minimum atomic E-state index is -0.409. The molecule has 2 fully saturated rings. The first-order valence-electron chi connectivity index (χ1n) is 9.17. The first kappa shape index (κ1) is 19.3. The average molecular weight is 412 g/mol. The van der Waals surface area contributed by atoms with Crippen LogP contribution in [0, 0.1) is 0 Å². The van der Waals surface area contributed by atoms with Crippen molar-refractivity contribution in [2.24, 2.45) is 0 Å². The monoisotopic (exact) mass is 412 g/mol. The number of hydrogen-bond donors (Lipinski definition) is 1. The number of fused-ring (bicyclic) bond motifs is 1. The predicted molar refractivity (Wildman–Crippen MR) is 113 cm³/mol. The van der Waals surface area contributed by atoms with Gasteiger partial charge in [-0.2, -0.15) is 0 Å². The summed E-state index contributed by atoms with van der Waals surface area (Å²) in [6, 6.07) is 7.59. The molecule has 8 nitrogen and oxygen atoms in total. The van der Waals surface area contributed by atoms with Gasteiger partial charge in [0, 0.05) is 37.0 Å². The molecule has 9 heteroatoms. The van der Waals surface area contributed by atoms with Crippen LogP contribution in [0.15, 0.2) is 30.0 Å². The fourth-order valence-corrected chi connectivity index (χ4v) is 3.75. The fraction of sp³-hybridized carbons (Fsp3) is 0.300. The molecule has 0 saturated carbocycles. The Morgan fingerprint density at radius 1 is 1.31 bits per heavy atom. The number of nitrogens with zero attached hydrogens (tertiary/aromatic N) is 3. The fourth-order valence-electron chi connectivity index (χ4n) is 3.43. The molecule has 0 aliphatic carbocycles. The van der Waals surface area contributed by atoms with Crippen LogP contribution in [-0.4, -0.2) is 60.2 Å². The van der Waals surface area contributed by atoms with Crippen molar-refractivity contribution in [2.75, 3.05) is 38.3 Å². The van der Waals surface area contributed by atoms with E-state index in [1.165, 1.54) is 11.8 Å². The molecule has 0 radical (unpaired) electrons. The number of methoxy groups -OCH3 is 1. The molecule has 0 bridgehead atoms. The molecule has 2 saturated heterocycles. The van der Waals surface area contributed by atoms with E-state index in [4.69, 9.17) is 26.7 Å². The van der Waals surface area contributed by atoms with E-state index in [1.807, 2.05) is 24.3 Å². The number of morpholine rings is 1. The highest BCUT2D eigenvalue weighted by atomic mass is 32.1. The van der Waals surface area contributed by atoms with Crippen LogP contribution in [0.2, 0.25) is 0 Å². The number of rotatable bonds is 3. The smallest absolute Gasteiger partial charge is 0.274 e. The van der Waals surface area contributed by atoms with E-state index >= 15 is 0 Å². The van der Waals surface area contributed by atoms with Crippen molar-refractivity contribution in [3.05, 3.63) is 35.5 Å². The van der Waals surface area contributed by atoms with Crippen molar-refractivity contribution < 1.29 is 19.1 Å². The van der Waals surface area contributed by atoms with E-state index in [2.05, 4.69) is 10.2 Å². The maximum Gasteiger partial charge on any atom is 0.274 e. The summed E-state index contributed by atoms with van der Waals surface area (Å²) in [5.74, 6) is 0.696. The molecule has 3 heterocycles. The molecule has 150 valence electrons. The lowest BCUT2D eigenvalue weighted by Crippen LogP contribution is -2.37. The van der Waals surface area contributed by atoms with Gasteiger partial charge in [-0.15, -0.1) is 0 Å². The number of carbonyl (C=O) groups excluding carboxylic acids is 2. The number of carbonyl (C=O) groups is 2. The second-order valence-corrected chi connectivity index (χ2v) is 7.09. The van der Waals surface area contributed by atoms with Crippen molar-refractivity contribution in [3.8, 4) is 5.75 Å². The van der Waals surface area contributed by atoms with E-state index in [0.717, 1.165) is 22.3 Å². The molecular weight excluding hydrogens is 392 g/mol. The molecule has 2 aliphatic rings. The quantitative estimate of drug-likeness (QED) is 0.607. The molecule has 2 amide bonds. The molecule has 4 rings (SSSR count). The topological polar surface area (TPSA) is 84.0 Å². The largest absolute Gasteiger partial charge is 0.497 e. The molecule has 1 N–H and O–H groups in total. The highest BCUT2D eigenvalue weighted by molar-refractivity contribution is 7.80. The Morgan fingerprint density at radius 2 is 2.07 bits per heavy atom. The number of ether oxygens (including phenoxy) is 2. The zero-order valence-corrected chi connectivity index (χ0v) is 16.9. The number of thiocarbonyl (C=S) groups is 1. The third-order valence-electron chi connectivity index (χ3n) is 4.85. The van der Waals surface area contributed by atoms with E-state index < -0.39 is 5.91 Å². The molecule has 0 spiro atoms. The number of anilines is 1. The van der Waals surface area contributed by atoms with Gasteiger partial charge in [0.05, 0.1) is 25.8 Å². The lowest BCUT2D eigenvalue weighted by molar-refractivity contribution is -0.125. The van der Waals surface area contributed by atoms with Gasteiger partial charge in [0.25, 0.3) is 5.91 Å². The molecule has 2 aromatic rings. The Bertz CT molecular complexity index is 1050. The average Bonchev–Trinajstić information content (AvgIpc) is 3.00. The zero-order valence-electron chi connectivity index (χ0n) is 16.1. The van der Waals surface area contributed by atoms with E-state index in [-0.39, 0.29) is 16.7 Å². The Labute approximate surface area is 173 Å². The Hall–Kier alpha value is -3.04. The normalized spacial score (nSPS) is 18.5.